The number of rotatable bonds is 4. The summed E-state index contributed by atoms with van der Waals surface area (Å²) in [4.78, 5) is 26.7. The third-order valence-electron chi connectivity index (χ3n) is 1.09. The fourth-order valence-corrected chi connectivity index (χ4v) is 1.05. The van der Waals surface area contributed by atoms with Gasteiger partial charge >= 0.3 is 13.8 Å². The zero-order valence-corrected chi connectivity index (χ0v) is 7.14. The van der Waals surface area contributed by atoms with E-state index < -0.39 is 25.9 Å². The highest BCUT2D eigenvalue weighted by Crippen LogP contribution is 2.37. The van der Waals surface area contributed by atoms with Gasteiger partial charge in [-0.3, -0.25) is 9.32 Å². The molecule has 0 saturated carbocycles. The van der Waals surface area contributed by atoms with Crippen molar-refractivity contribution in [1.82, 2.24) is 0 Å². The van der Waals surface area contributed by atoms with Crippen LogP contribution in [0.2, 0.25) is 0 Å². The van der Waals surface area contributed by atoms with Gasteiger partial charge in [0.05, 0.1) is 6.10 Å². The SMILES string of the molecule is C[C@@H](OP(=O)(O)O)[C@@H](N)C(=O)O. The number of hydrogen-bond acceptors (Lipinski definition) is 4. The van der Waals surface area contributed by atoms with E-state index in [1.165, 1.54) is 0 Å². The summed E-state index contributed by atoms with van der Waals surface area (Å²) in [5.74, 6) is -1.38. The Morgan fingerprint density at radius 3 is 2.25 bits per heavy atom. The molecule has 5 N–H and O–H groups in total. The van der Waals surface area contributed by atoms with Crippen LogP contribution in [-0.4, -0.2) is 33.0 Å². The number of hydrogen-bond donors (Lipinski definition) is 4. The molecule has 0 aromatic carbocycles. The van der Waals surface area contributed by atoms with Gasteiger partial charge in [0.15, 0.2) is 0 Å². The summed E-state index contributed by atoms with van der Waals surface area (Å²) in [7, 11) is -4.66. The zero-order chi connectivity index (χ0) is 9.94. The number of phosphoric ester groups is 1. The summed E-state index contributed by atoms with van der Waals surface area (Å²) in [6.45, 7) is 1.16. The van der Waals surface area contributed by atoms with Gasteiger partial charge in [0, 0.05) is 0 Å². The van der Waals surface area contributed by atoms with E-state index in [4.69, 9.17) is 20.6 Å². The smallest absolute Gasteiger partial charge is 0.469 e. The maximum absolute atomic E-state index is 10.2. The van der Waals surface area contributed by atoms with Gasteiger partial charge in [-0.05, 0) is 6.92 Å². The van der Waals surface area contributed by atoms with Crippen molar-refractivity contribution in [2.75, 3.05) is 0 Å². The van der Waals surface area contributed by atoms with Crippen molar-refractivity contribution in [2.24, 2.45) is 5.73 Å². The fourth-order valence-electron chi connectivity index (χ4n) is 0.483. The highest BCUT2D eigenvalue weighted by atomic mass is 31.2. The first-order valence-electron chi connectivity index (χ1n) is 2.96. The number of carboxylic acids is 1. The third kappa shape index (κ3) is 4.42. The average Bonchev–Trinajstić information content (AvgIpc) is 1.82. The molecule has 0 aliphatic rings. The molecule has 72 valence electrons. The van der Waals surface area contributed by atoms with Crippen molar-refractivity contribution < 1.29 is 28.8 Å². The van der Waals surface area contributed by atoms with Crippen LogP contribution in [0.4, 0.5) is 0 Å². The molecule has 7 nitrogen and oxygen atoms in total. The molecule has 0 amide bonds. The predicted molar refractivity (Wildman–Crippen MR) is 38.2 cm³/mol. The lowest BCUT2D eigenvalue weighted by Crippen LogP contribution is -2.41. The molecule has 0 unspecified atom stereocenters. The van der Waals surface area contributed by atoms with E-state index in [0.29, 0.717) is 0 Å². The largest absolute Gasteiger partial charge is 0.480 e. The lowest BCUT2D eigenvalue weighted by molar-refractivity contribution is -0.140. The normalized spacial score (nSPS) is 17.0. The molecule has 0 aromatic heterocycles. The van der Waals surface area contributed by atoms with Gasteiger partial charge in [0.2, 0.25) is 0 Å². The highest BCUT2D eigenvalue weighted by molar-refractivity contribution is 7.46. The van der Waals surface area contributed by atoms with E-state index in [9.17, 15) is 9.36 Å². The van der Waals surface area contributed by atoms with Crippen LogP contribution < -0.4 is 5.73 Å². The Labute approximate surface area is 68.4 Å². The average molecular weight is 199 g/mol. The second kappa shape index (κ2) is 3.97. The second-order valence-corrected chi connectivity index (χ2v) is 3.36. The number of nitrogens with two attached hydrogens (primary N) is 1. The van der Waals surface area contributed by atoms with Gasteiger partial charge in [0.25, 0.3) is 0 Å². The fraction of sp³-hybridized carbons (Fsp3) is 0.750. The minimum atomic E-state index is -4.66. The third-order valence-corrected chi connectivity index (χ3v) is 1.70. The Bertz CT molecular complexity index is 212. The zero-order valence-electron chi connectivity index (χ0n) is 6.25. The van der Waals surface area contributed by atoms with E-state index in [0.717, 1.165) is 6.92 Å². The molecule has 0 radical (unpaired) electrons. The van der Waals surface area contributed by atoms with E-state index in [1.807, 2.05) is 0 Å². The van der Waals surface area contributed by atoms with Crippen LogP contribution >= 0.6 is 7.82 Å². The Balaban J connectivity index is 4.13. The van der Waals surface area contributed by atoms with Crippen LogP contribution in [0.25, 0.3) is 0 Å². The quantitative estimate of drug-likeness (QED) is 0.422. The Morgan fingerprint density at radius 1 is 1.58 bits per heavy atom. The summed E-state index contributed by atoms with van der Waals surface area (Å²) < 4.78 is 14.2. The first kappa shape index (κ1) is 11.5. The lowest BCUT2D eigenvalue weighted by atomic mass is 10.2. The van der Waals surface area contributed by atoms with Gasteiger partial charge in [-0.15, -0.1) is 0 Å². The standard InChI is InChI=1S/C4H10NO6P/c1-2(3(5)4(6)7)11-12(8,9)10/h2-3H,5H2,1H3,(H,6,7)(H2,8,9,10)/t2-,3-/m1/s1. The summed E-state index contributed by atoms with van der Waals surface area (Å²) >= 11 is 0. The van der Waals surface area contributed by atoms with E-state index >= 15 is 0 Å². The number of carbonyl (C=O) groups is 1. The molecular weight excluding hydrogens is 189 g/mol. The summed E-state index contributed by atoms with van der Waals surface area (Å²) in [6.07, 6.45) is -1.23. The molecule has 8 heteroatoms. The maximum Gasteiger partial charge on any atom is 0.469 e. The minimum Gasteiger partial charge on any atom is -0.480 e. The topological polar surface area (TPSA) is 130 Å². The van der Waals surface area contributed by atoms with E-state index in [2.05, 4.69) is 4.52 Å². The maximum atomic E-state index is 10.2. The van der Waals surface area contributed by atoms with Crippen LogP contribution in [0, 0.1) is 0 Å². The van der Waals surface area contributed by atoms with Crippen LogP contribution in [0.15, 0.2) is 0 Å². The molecule has 0 spiro atoms. The van der Waals surface area contributed by atoms with Crippen molar-refractivity contribution in [2.45, 2.75) is 19.1 Å². The molecule has 0 saturated heterocycles. The molecule has 12 heavy (non-hydrogen) atoms. The van der Waals surface area contributed by atoms with Crippen molar-refractivity contribution in [3.63, 3.8) is 0 Å². The van der Waals surface area contributed by atoms with Gasteiger partial charge in [-0.2, -0.15) is 0 Å². The molecule has 2 atom stereocenters. The number of aliphatic carboxylic acids is 1. The van der Waals surface area contributed by atoms with Crippen molar-refractivity contribution in [3.05, 3.63) is 0 Å². The summed E-state index contributed by atoms with van der Waals surface area (Å²) in [6, 6.07) is -1.45. The monoisotopic (exact) mass is 199 g/mol. The minimum absolute atomic E-state index is 1.16. The lowest BCUT2D eigenvalue weighted by Gasteiger charge is -2.16. The molecule has 0 fully saturated rings. The van der Waals surface area contributed by atoms with Gasteiger partial charge in [-0.25, -0.2) is 4.57 Å². The molecule has 0 aromatic rings. The van der Waals surface area contributed by atoms with Crippen molar-refractivity contribution in [1.29, 1.82) is 0 Å². The van der Waals surface area contributed by atoms with Gasteiger partial charge in [0.1, 0.15) is 6.04 Å². The first-order chi connectivity index (χ1) is 5.24. The second-order valence-electron chi connectivity index (χ2n) is 2.17. The van der Waals surface area contributed by atoms with E-state index in [-0.39, 0.29) is 0 Å². The molecule has 0 rings (SSSR count). The van der Waals surface area contributed by atoms with Crippen LogP contribution in [0.5, 0.6) is 0 Å². The van der Waals surface area contributed by atoms with Crippen LogP contribution in [-0.2, 0) is 13.9 Å². The Morgan fingerprint density at radius 2 is 2.00 bits per heavy atom. The molecular formula is C4H10NO6P. The summed E-state index contributed by atoms with van der Waals surface area (Å²) in [5.41, 5.74) is 5.00. The Kier molecular flexibility index (Phi) is 3.82. The molecule has 0 aliphatic heterocycles. The van der Waals surface area contributed by atoms with Crippen LogP contribution in [0.3, 0.4) is 0 Å². The van der Waals surface area contributed by atoms with Crippen molar-refractivity contribution >= 4 is 13.8 Å². The van der Waals surface area contributed by atoms with Gasteiger partial charge in [-0.1, -0.05) is 0 Å². The van der Waals surface area contributed by atoms with Crippen LogP contribution in [0.1, 0.15) is 6.92 Å². The molecule has 0 bridgehead atoms. The van der Waals surface area contributed by atoms with Gasteiger partial charge < -0.3 is 20.6 Å². The number of phosphoric acid groups is 1. The Hall–Kier alpha value is -0.460. The van der Waals surface area contributed by atoms with E-state index in [1.54, 1.807) is 0 Å². The van der Waals surface area contributed by atoms with Crippen molar-refractivity contribution in [3.8, 4) is 0 Å². The molecule has 0 aliphatic carbocycles. The predicted octanol–water partition coefficient (Wildman–Crippen LogP) is -1.10. The highest BCUT2D eigenvalue weighted by Gasteiger charge is 2.27. The first-order valence-corrected chi connectivity index (χ1v) is 4.49. The summed E-state index contributed by atoms with van der Waals surface area (Å²) in [5, 5.41) is 8.29. The molecule has 0 heterocycles. The number of carboxylic acid groups (broad SMARTS) is 1.